The minimum atomic E-state index is 0.0581. The van der Waals surface area contributed by atoms with E-state index in [0.717, 1.165) is 42.0 Å². The summed E-state index contributed by atoms with van der Waals surface area (Å²) in [5.74, 6) is 1.95. The van der Waals surface area contributed by atoms with Crippen LogP contribution in [0.1, 0.15) is 13.8 Å². The molecule has 20 heavy (non-hydrogen) atoms. The number of hydrogen-bond donors (Lipinski definition) is 1. The van der Waals surface area contributed by atoms with Gasteiger partial charge < -0.3 is 15.0 Å². The Morgan fingerprint density at radius 1 is 1.25 bits per heavy atom. The van der Waals surface area contributed by atoms with E-state index in [4.69, 9.17) is 4.74 Å². The third-order valence-corrected chi connectivity index (χ3v) is 4.02. The van der Waals surface area contributed by atoms with E-state index < -0.39 is 0 Å². The van der Waals surface area contributed by atoms with Crippen LogP contribution in [-0.2, 0) is 0 Å². The zero-order chi connectivity index (χ0) is 14.2. The summed E-state index contributed by atoms with van der Waals surface area (Å²) in [6, 6.07) is 8.17. The number of anilines is 1. The lowest BCUT2D eigenvalue weighted by atomic mass is 9.99. The minimum Gasteiger partial charge on any atom is -0.496 e. The lowest BCUT2D eigenvalue weighted by Crippen LogP contribution is -2.58. The van der Waals surface area contributed by atoms with Gasteiger partial charge >= 0.3 is 0 Å². The maximum absolute atomic E-state index is 5.46. The van der Waals surface area contributed by atoms with Gasteiger partial charge in [-0.25, -0.2) is 4.98 Å². The van der Waals surface area contributed by atoms with E-state index in [2.05, 4.69) is 35.1 Å². The highest BCUT2D eigenvalue weighted by molar-refractivity contribution is 5.96. The number of pyridine rings is 1. The second kappa shape index (κ2) is 4.94. The van der Waals surface area contributed by atoms with Gasteiger partial charge in [-0.15, -0.1) is 0 Å². The van der Waals surface area contributed by atoms with Crippen molar-refractivity contribution >= 4 is 16.6 Å². The zero-order valence-electron chi connectivity index (χ0n) is 12.3. The Hall–Kier alpha value is -1.81. The maximum Gasteiger partial charge on any atom is 0.137 e. The average molecular weight is 271 g/mol. The van der Waals surface area contributed by atoms with Crippen molar-refractivity contribution in [2.45, 2.75) is 19.4 Å². The molecule has 0 saturated carbocycles. The summed E-state index contributed by atoms with van der Waals surface area (Å²) in [5, 5.41) is 5.73. The molecule has 0 bridgehead atoms. The molecule has 0 radical (unpaired) electrons. The number of methoxy groups -OCH3 is 1. The second-order valence-corrected chi connectivity index (χ2v) is 5.83. The molecule has 4 heteroatoms. The van der Waals surface area contributed by atoms with E-state index in [-0.39, 0.29) is 5.54 Å². The monoisotopic (exact) mass is 271 g/mol. The van der Waals surface area contributed by atoms with Crippen LogP contribution in [0.2, 0.25) is 0 Å². The molecule has 1 aromatic heterocycles. The Balaban J connectivity index is 2.16. The predicted molar refractivity (Wildman–Crippen MR) is 82.6 cm³/mol. The minimum absolute atomic E-state index is 0.0581. The van der Waals surface area contributed by atoms with E-state index in [0.29, 0.717) is 0 Å². The van der Waals surface area contributed by atoms with Gasteiger partial charge in [0.25, 0.3) is 0 Å². The summed E-state index contributed by atoms with van der Waals surface area (Å²) < 4.78 is 5.46. The number of ether oxygens (including phenoxy) is 1. The lowest BCUT2D eigenvalue weighted by Gasteiger charge is -2.44. The molecule has 4 nitrogen and oxygen atoms in total. The van der Waals surface area contributed by atoms with Crippen LogP contribution in [0.25, 0.3) is 10.8 Å². The van der Waals surface area contributed by atoms with Crippen LogP contribution in [0, 0.1) is 0 Å². The van der Waals surface area contributed by atoms with Crippen molar-refractivity contribution in [3.63, 3.8) is 0 Å². The lowest BCUT2D eigenvalue weighted by molar-refractivity contribution is 0.378. The van der Waals surface area contributed by atoms with Crippen molar-refractivity contribution in [3.05, 3.63) is 30.5 Å². The predicted octanol–water partition coefficient (Wildman–Crippen LogP) is 2.43. The summed E-state index contributed by atoms with van der Waals surface area (Å²) >= 11 is 0. The molecule has 0 amide bonds. The fourth-order valence-corrected chi connectivity index (χ4v) is 2.93. The van der Waals surface area contributed by atoms with Crippen molar-refractivity contribution < 1.29 is 4.74 Å². The van der Waals surface area contributed by atoms with Gasteiger partial charge in [0.2, 0.25) is 0 Å². The number of nitrogens with zero attached hydrogens (tertiary/aromatic N) is 2. The Kier molecular flexibility index (Phi) is 3.26. The fourth-order valence-electron chi connectivity index (χ4n) is 2.93. The molecule has 3 rings (SSSR count). The summed E-state index contributed by atoms with van der Waals surface area (Å²) in [4.78, 5) is 7.04. The van der Waals surface area contributed by atoms with Crippen LogP contribution >= 0.6 is 0 Å². The normalized spacial score (nSPS) is 18.2. The molecule has 0 spiro atoms. The third kappa shape index (κ3) is 2.10. The first-order valence-electron chi connectivity index (χ1n) is 7.03. The van der Waals surface area contributed by atoms with Gasteiger partial charge in [0.1, 0.15) is 11.6 Å². The molecule has 0 unspecified atom stereocenters. The van der Waals surface area contributed by atoms with Gasteiger partial charge in [-0.05, 0) is 26.0 Å². The standard InChI is InChI=1S/C16H21N3O/c1-16(2)11-17-9-10-19(16)15-13-5-4-6-14(20-3)12(13)7-8-18-15/h4-8,17H,9-11H2,1-3H3. The molecule has 1 aliphatic heterocycles. The molecule has 106 valence electrons. The van der Waals surface area contributed by atoms with Crippen LogP contribution in [0.4, 0.5) is 5.82 Å². The first-order valence-corrected chi connectivity index (χ1v) is 7.03. The Morgan fingerprint density at radius 2 is 2.10 bits per heavy atom. The highest BCUT2D eigenvalue weighted by atomic mass is 16.5. The number of nitrogens with one attached hydrogen (secondary N) is 1. The SMILES string of the molecule is COc1cccc2c(N3CCNCC3(C)C)nccc12. The van der Waals surface area contributed by atoms with Crippen molar-refractivity contribution in [3.8, 4) is 5.75 Å². The Morgan fingerprint density at radius 3 is 2.85 bits per heavy atom. The first kappa shape index (κ1) is 13.2. The number of hydrogen-bond acceptors (Lipinski definition) is 4. The fraction of sp³-hybridized carbons (Fsp3) is 0.438. The average Bonchev–Trinajstić information content (AvgIpc) is 2.46. The van der Waals surface area contributed by atoms with Crippen LogP contribution in [0.15, 0.2) is 30.5 Å². The first-order chi connectivity index (χ1) is 9.63. The van der Waals surface area contributed by atoms with Gasteiger partial charge in [0, 0.05) is 42.1 Å². The largest absolute Gasteiger partial charge is 0.496 e. The molecular formula is C16H21N3O. The number of aromatic nitrogens is 1. The van der Waals surface area contributed by atoms with Gasteiger partial charge in [-0.3, -0.25) is 0 Å². The Labute approximate surface area is 119 Å². The van der Waals surface area contributed by atoms with Crippen LogP contribution < -0.4 is 15.0 Å². The number of rotatable bonds is 2. The van der Waals surface area contributed by atoms with E-state index in [1.807, 2.05) is 24.4 Å². The molecule has 2 heterocycles. The smallest absolute Gasteiger partial charge is 0.137 e. The molecule has 1 fully saturated rings. The number of fused-ring (bicyclic) bond motifs is 1. The number of benzene rings is 1. The van der Waals surface area contributed by atoms with Gasteiger partial charge in [0.05, 0.1) is 7.11 Å². The van der Waals surface area contributed by atoms with Crippen LogP contribution in [-0.4, -0.2) is 37.3 Å². The van der Waals surface area contributed by atoms with E-state index in [1.165, 1.54) is 0 Å². The summed E-state index contributed by atoms with van der Waals surface area (Å²) in [6.07, 6.45) is 1.87. The van der Waals surface area contributed by atoms with Crippen molar-refractivity contribution in [1.29, 1.82) is 0 Å². The molecule has 2 aromatic rings. The molecule has 0 aliphatic carbocycles. The van der Waals surface area contributed by atoms with Crippen molar-refractivity contribution in [2.24, 2.45) is 0 Å². The van der Waals surface area contributed by atoms with E-state index >= 15 is 0 Å². The van der Waals surface area contributed by atoms with E-state index in [9.17, 15) is 0 Å². The summed E-state index contributed by atoms with van der Waals surface area (Å²) in [7, 11) is 1.71. The van der Waals surface area contributed by atoms with Gasteiger partial charge in [-0.2, -0.15) is 0 Å². The van der Waals surface area contributed by atoms with Crippen molar-refractivity contribution in [1.82, 2.24) is 10.3 Å². The van der Waals surface area contributed by atoms with Crippen LogP contribution in [0.3, 0.4) is 0 Å². The summed E-state index contributed by atoms with van der Waals surface area (Å²) in [5.41, 5.74) is 0.0581. The van der Waals surface area contributed by atoms with Crippen LogP contribution in [0.5, 0.6) is 5.75 Å². The highest BCUT2D eigenvalue weighted by Gasteiger charge is 2.31. The molecule has 0 atom stereocenters. The third-order valence-electron chi connectivity index (χ3n) is 4.02. The quantitative estimate of drug-likeness (QED) is 0.910. The van der Waals surface area contributed by atoms with E-state index in [1.54, 1.807) is 7.11 Å². The van der Waals surface area contributed by atoms with Gasteiger partial charge in [-0.1, -0.05) is 12.1 Å². The molecule has 1 N–H and O–H groups in total. The molecular weight excluding hydrogens is 250 g/mol. The topological polar surface area (TPSA) is 37.4 Å². The second-order valence-electron chi connectivity index (χ2n) is 5.83. The Bertz CT molecular complexity index is 624. The molecule has 1 aromatic carbocycles. The number of piperazine rings is 1. The maximum atomic E-state index is 5.46. The van der Waals surface area contributed by atoms with Gasteiger partial charge in [0.15, 0.2) is 0 Å². The highest BCUT2D eigenvalue weighted by Crippen LogP contribution is 2.34. The molecule has 1 saturated heterocycles. The van der Waals surface area contributed by atoms with Crippen molar-refractivity contribution in [2.75, 3.05) is 31.6 Å². The molecule has 1 aliphatic rings. The summed E-state index contributed by atoms with van der Waals surface area (Å²) in [6.45, 7) is 7.43. The zero-order valence-corrected chi connectivity index (χ0v) is 12.3.